The molecule has 2 heterocycles. The van der Waals surface area contributed by atoms with Gasteiger partial charge < -0.3 is 10.2 Å². The van der Waals surface area contributed by atoms with E-state index in [-0.39, 0.29) is 0 Å². The van der Waals surface area contributed by atoms with Gasteiger partial charge in [-0.1, -0.05) is 0 Å². The summed E-state index contributed by atoms with van der Waals surface area (Å²) in [4.78, 5) is 6.82. The number of nitrogens with zero attached hydrogens (tertiary/aromatic N) is 3. The number of nitrogens with one attached hydrogen (secondary N) is 1. The number of hydrogen-bond donors (Lipinski definition) is 1. The molecule has 0 radical (unpaired) electrons. The zero-order valence-corrected chi connectivity index (χ0v) is 10.2. The van der Waals surface area contributed by atoms with E-state index >= 15 is 0 Å². The van der Waals surface area contributed by atoms with Crippen molar-refractivity contribution < 1.29 is 0 Å². The minimum Gasteiger partial charge on any atom is -0.369 e. The highest BCUT2D eigenvalue weighted by molar-refractivity contribution is 5.44. The van der Waals surface area contributed by atoms with Gasteiger partial charge in [0.15, 0.2) is 0 Å². The number of likely N-dealkylation sites (tertiary alicyclic amines) is 1. The second-order valence-corrected chi connectivity index (χ2v) is 4.47. The fraction of sp³-hybridized carbons (Fsp3) is 0.538. The molecule has 0 atom stereocenters. The Hall–Kier alpha value is -1.60. The van der Waals surface area contributed by atoms with Gasteiger partial charge >= 0.3 is 0 Å². The number of anilines is 1. The van der Waals surface area contributed by atoms with Crippen LogP contribution in [0.3, 0.4) is 0 Å². The highest BCUT2D eigenvalue weighted by atomic mass is 15.2. The molecular formula is C13H18N4. The zero-order chi connectivity index (χ0) is 12.1. The van der Waals surface area contributed by atoms with Crippen molar-refractivity contribution in [3.05, 3.63) is 23.4 Å². The van der Waals surface area contributed by atoms with E-state index in [2.05, 4.69) is 21.3 Å². The highest BCUT2D eigenvalue weighted by Crippen LogP contribution is 2.10. The third-order valence-electron chi connectivity index (χ3n) is 3.02. The van der Waals surface area contributed by atoms with Gasteiger partial charge in [0.1, 0.15) is 5.82 Å². The van der Waals surface area contributed by atoms with Crippen molar-refractivity contribution in [3.63, 3.8) is 0 Å². The lowest BCUT2D eigenvalue weighted by molar-refractivity contribution is 0.352. The van der Waals surface area contributed by atoms with Crippen molar-refractivity contribution in [1.82, 2.24) is 9.88 Å². The van der Waals surface area contributed by atoms with Crippen molar-refractivity contribution in [3.8, 4) is 6.07 Å². The van der Waals surface area contributed by atoms with Crippen LogP contribution in [0.25, 0.3) is 0 Å². The van der Waals surface area contributed by atoms with Crippen LogP contribution in [-0.2, 0) is 0 Å². The Balaban J connectivity index is 1.85. The van der Waals surface area contributed by atoms with Crippen LogP contribution < -0.4 is 5.32 Å². The largest absolute Gasteiger partial charge is 0.369 e. The molecule has 0 amide bonds. The van der Waals surface area contributed by atoms with E-state index in [0.717, 1.165) is 24.6 Å². The van der Waals surface area contributed by atoms with Crippen LogP contribution in [0.4, 0.5) is 5.82 Å². The standard InChI is InChI=1S/C13H18N4/c1-11-8-12(10-14)9-13(16-11)15-4-7-17-5-2-3-6-17/h8-9H,2-7H2,1H3,(H,15,16). The third-order valence-corrected chi connectivity index (χ3v) is 3.02. The monoisotopic (exact) mass is 230 g/mol. The molecule has 0 unspecified atom stereocenters. The molecule has 0 bridgehead atoms. The number of rotatable bonds is 4. The van der Waals surface area contributed by atoms with Gasteiger partial charge in [-0.3, -0.25) is 0 Å². The van der Waals surface area contributed by atoms with E-state index < -0.39 is 0 Å². The Labute approximate surface area is 102 Å². The summed E-state index contributed by atoms with van der Waals surface area (Å²) in [5, 5.41) is 12.2. The molecule has 1 aromatic rings. The van der Waals surface area contributed by atoms with Crippen molar-refractivity contribution in [2.24, 2.45) is 0 Å². The molecule has 4 heteroatoms. The summed E-state index contributed by atoms with van der Waals surface area (Å²) in [6.45, 7) is 6.28. The zero-order valence-electron chi connectivity index (χ0n) is 10.2. The van der Waals surface area contributed by atoms with Crippen LogP contribution in [-0.4, -0.2) is 36.1 Å². The normalized spacial score (nSPS) is 15.8. The molecule has 1 fully saturated rings. The average molecular weight is 230 g/mol. The van der Waals surface area contributed by atoms with Gasteiger partial charge in [-0.15, -0.1) is 0 Å². The molecule has 0 aromatic carbocycles. The molecule has 2 rings (SSSR count). The van der Waals surface area contributed by atoms with E-state index in [1.165, 1.54) is 25.9 Å². The van der Waals surface area contributed by atoms with Crippen molar-refractivity contribution in [2.45, 2.75) is 19.8 Å². The Kier molecular flexibility index (Phi) is 3.94. The summed E-state index contributed by atoms with van der Waals surface area (Å²) in [6, 6.07) is 5.75. The molecule has 17 heavy (non-hydrogen) atoms. The average Bonchev–Trinajstić information content (AvgIpc) is 2.81. The first kappa shape index (κ1) is 11.9. The predicted molar refractivity (Wildman–Crippen MR) is 67.9 cm³/mol. The molecule has 1 N–H and O–H groups in total. The Morgan fingerprint density at radius 3 is 2.88 bits per heavy atom. The molecule has 1 aliphatic rings. The van der Waals surface area contributed by atoms with E-state index in [1.54, 1.807) is 12.1 Å². The first-order valence-corrected chi connectivity index (χ1v) is 6.13. The van der Waals surface area contributed by atoms with E-state index in [9.17, 15) is 0 Å². The smallest absolute Gasteiger partial charge is 0.127 e. The fourth-order valence-electron chi connectivity index (χ4n) is 2.17. The summed E-state index contributed by atoms with van der Waals surface area (Å²) in [5.41, 5.74) is 1.55. The molecule has 0 saturated carbocycles. The number of hydrogen-bond acceptors (Lipinski definition) is 4. The fourth-order valence-corrected chi connectivity index (χ4v) is 2.17. The van der Waals surface area contributed by atoms with Crippen LogP contribution in [0.15, 0.2) is 12.1 Å². The third kappa shape index (κ3) is 3.43. The molecule has 1 aliphatic heterocycles. The Morgan fingerprint density at radius 2 is 2.18 bits per heavy atom. The van der Waals surface area contributed by atoms with Gasteiger partial charge in [-0.2, -0.15) is 5.26 Å². The predicted octanol–water partition coefficient (Wildman–Crippen LogP) is 1.77. The molecule has 1 saturated heterocycles. The van der Waals surface area contributed by atoms with Crippen LogP contribution >= 0.6 is 0 Å². The molecule has 4 nitrogen and oxygen atoms in total. The molecule has 1 aromatic heterocycles. The molecule has 0 aliphatic carbocycles. The van der Waals surface area contributed by atoms with Gasteiger partial charge in [-0.05, 0) is 45.0 Å². The van der Waals surface area contributed by atoms with Gasteiger partial charge in [0.05, 0.1) is 11.6 Å². The summed E-state index contributed by atoms with van der Waals surface area (Å²) >= 11 is 0. The maximum atomic E-state index is 8.87. The van der Waals surface area contributed by atoms with Gasteiger partial charge in [-0.25, -0.2) is 4.98 Å². The lowest BCUT2D eigenvalue weighted by Crippen LogP contribution is -2.26. The highest BCUT2D eigenvalue weighted by Gasteiger charge is 2.10. The summed E-state index contributed by atoms with van der Waals surface area (Å²) in [7, 11) is 0. The number of aryl methyl sites for hydroxylation is 1. The lowest BCUT2D eigenvalue weighted by atomic mass is 10.2. The summed E-state index contributed by atoms with van der Waals surface area (Å²) in [5.74, 6) is 0.806. The van der Waals surface area contributed by atoms with Crippen LogP contribution in [0, 0.1) is 18.3 Å². The molecule has 0 spiro atoms. The quantitative estimate of drug-likeness (QED) is 0.856. The van der Waals surface area contributed by atoms with Gasteiger partial charge in [0, 0.05) is 18.8 Å². The van der Waals surface area contributed by atoms with Crippen LogP contribution in [0.1, 0.15) is 24.1 Å². The first-order valence-electron chi connectivity index (χ1n) is 6.13. The minimum absolute atomic E-state index is 0.668. The number of pyridine rings is 1. The molecule has 90 valence electrons. The van der Waals surface area contributed by atoms with Crippen molar-refractivity contribution >= 4 is 5.82 Å². The van der Waals surface area contributed by atoms with E-state index in [1.807, 2.05) is 6.92 Å². The Morgan fingerprint density at radius 1 is 1.41 bits per heavy atom. The topological polar surface area (TPSA) is 52.0 Å². The molecular weight excluding hydrogens is 212 g/mol. The first-order chi connectivity index (χ1) is 8.28. The minimum atomic E-state index is 0.668. The van der Waals surface area contributed by atoms with E-state index in [4.69, 9.17) is 5.26 Å². The van der Waals surface area contributed by atoms with Crippen LogP contribution in [0.2, 0.25) is 0 Å². The second kappa shape index (κ2) is 5.65. The Bertz CT molecular complexity index is 416. The number of nitriles is 1. The summed E-state index contributed by atoms with van der Waals surface area (Å²) in [6.07, 6.45) is 2.64. The van der Waals surface area contributed by atoms with Crippen molar-refractivity contribution in [2.75, 3.05) is 31.5 Å². The maximum absolute atomic E-state index is 8.87. The van der Waals surface area contributed by atoms with Gasteiger partial charge in [0.25, 0.3) is 0 Å². The van der Waals surface area contributed by atoms with Crippen LogP contribution in [0.5, 0.6) is 0 Å². The lowest BCUT2D eigenvalue weighted by Gasteiger charge is -2.15. The maximum Gasteiger partial charge on any atom is 0.127 e. The van der Waals surface area contributed by atoms with Crippen molar-refractivity contribution in [1.29, 1.82) is 5.26 Å². The van der Waals surface area contributed by atoms with E-state index in [0.29, 0.717) is 5.56 Å². The number of aromatic nitrogens is 1. The van der Waals surface area contributed by atoms with Gasteiger partial charge in [0.2, 0.25) is 0 Å². The summed E-state index contributed by atoms with van der Waals surface area (Å²) < 4.78 is 0. The second-order valence-electron chi connectivity index (χ2n) is 4.47. The SMILES string of the molecule is Cc1cc(C#N)cc(NCCN2CCCC2)n1.